The van der Waals surface area contributed by atoms with Gasteiger partial charge >= 0.3 is 6.18 Å². The van der Waals surface area contributed by atoms with Gasteiger partial charge in [-0.25, -0.2) is 8.42 Å². The second-order valence-corrected chi connectivity index (χ2v) is 10.9. The van der Waals surface area contributed by atoms with E-state index in [9.17, 15) is 26.4 Å². The van der Waals surface area contributed by atoms with Crippen molar-refractivity contribution in [3.8, 4) is 11.5 Å². The van der Waals surface area contributed by atoms with Crippen LogP contribution in [0.2, 0.25) is 5.02 Å². The van der Waals surface area contributed by atoms with Crippen LogP contribution in [-0.2, 0) is 27.2 Å². The van der Waals surface area contributed by atoms with E-state index in [1.807, 2.05) is 0 Å². The zero-order valence-corrected chi connectivity index (χ0v) is 19.3. The van der Waals surface area contributed by atoms with Crippen LogP contribution in [0.5, 0.6) is 11.5 Å². The van der Waals surface area contributed by atoms with E-state index in [-0.39, 0.29) is 29.9 Å². The highest BCUT2D eigenvalue weighted by molar-refractivity contribution is 7.92. The molecule has 3 aromatic carbocycles. The lowest BCUT2D eigenvalue weighted by Gasteiger charge is -2.34. The molecule has 0 aliphatic heterocycles. The molecule has 0 saturated heterocycles. The smallest absolute Gasteiger partial charge is 0.416 e. The summed E-state index contributed by atoms with van der Waals surface area (Å²) in [4.78, 5) is 12.2. The monoisotopic (exact) mass is 508 g/mol. The van der Waals surface area contributed by atoms with Crippen molar-refractivity contribution in [1.82, 2.24) is 0 Å². The molecule has 0 spiro atoms. The fourth-order valence-electron chi connectivity index (χ4n) is 3.78. The Morgan fingerprint density at radius 1 is 0.941 bits per heavy atom. The van der Waals surface area contributed by atoms with Gasteiger partial charge in [-0.1, -0.05) is 29.8 Å². The van der Waals surface area contributed by atoms with Gasteiger partial charge in [0.2, 0.25) is 0 Å². The fraction of sp³-hybridized carbons (Fsp3) is 0.240. The third kappa shape index (κ3) is 5.45. The van der Waals surface area contributed by atoms with Gasteiger partial charge in [-0.3, -0.25) is 4.79 Å². The minimum Gasteiger partial charge on any atom is -0.457 e. The van der Waals surface area contributed by atoms with Gasteiger partial charge in [0.25, 0.3) is 0 Å². The highest BCUT2D eigenvalue weighted by Gasteiger charge is 2.43. The molecule has 0 atom stereocenters. The number of carbonyl (C=O) groups excluding carboxylic acids is 1. The van der Waals surface area contributed by atoms with Gasteiger partial charge in [0, 0.05) is 17.4 Å². The first-order valence-corrected chi connectivity index (χ1v) is 12.4. The normalized spacial score (nSPS) is 18.2. The lowest BCUT2D eigenvalue weighted by molar-refractivity contribution is -0.137. The Morgan fingerprint density at radius 2 is 1.53 bits per heavy atom. The summed E-state index contributed by atoms with van der Waals surface area (Å²) >= 11 is 5.85. The molecular formula is C25H20ClF3O4S. The topological polar surface area (TPSA) is 60.4 Å². The van der Waals surface area contributed by atoms with E-state index in [1.165, 1.54) is 0 Å². The highest BCUT2D eigenvalue weighted by atomic mass is 35.5. The number of benzene rings is 3. The highest BCUT2D eigenvalue weighted by Crippen LogP contribution is 2.39. The summed E-state index contributed by atoms with van der Waals surface area (Å²) in [5.41, 5.74) is -0.248. The van der Waals surface area contributed by atoms with Crippen molar-refractivity contribution in [2.45, 2.75) is 35.6 Å². The molecule has 1 fully saturated rings. The number of rotatable bonds is 7. The molecular weight excluding hydrogens is 489 g/mol. The lowest BCUT2D eigenvalue weighted by atomic mass is 9.80. The van der Waals surface area contributed by atoms with Gasteiger partial charge in [0.15, 0.2) is 9.84 Å². The largest absolute Gasteiger partial charge is 0.457 e. The molecule has 0 radical (unpaired) electrons. The molecule has 3 aromatic rings. The number of sulfone groups is 1. The second kappa shape index (κ2) is 9.43. The maximum atomic E-state index is 12.9. The minimum absolute atomic E-state index is 0.0955. The molecule has 4 nitrogen and oxygen atoms in total. The average molecular weight is 509 g/mol. The van der Waals surface area contributed by atoms with Gasteiger partial charge in [-0.15, -0.1) is 0 Å². The zero-order valence-electron chi connectivity index (χ0n) is 17.8. The molecule has 9 heteroatoms. The number of ether oxygens (including phenoxy) is 1. The summed E-state index contributed by atoms with van der Waals surface area (Å²) in [6.07, 6.45) is -4.27. The van der Waals surface area contributed by atoms with Crippen LogP contribution in [0.4, 0.5) is 13.2 Å². The Hall–Kier alpha value is -2.84. The van der Waals surface area contributed by atoms with Crippen molar-refractivity contribution in [3.05, 3.63) is 88.9 Å². The van der Waals surface area contributed by atoms with Crippen molar-refractivity contribution in [1.29, 1.82) is 0 Å². The SMILES string of the molecule is O=C(Cc1ccc(Oc2ccc(Cl)cc2)cc1)C1CC(S(=O)(=O)c2cccc(C(F)(F)F)c2)C1. The van der Waals surface area contributed by atoms with Crippen LogP contribution < -0.4 is 4.74 Å². The van der Waals surface area contributed by atoms with Crippen molar-refractivity contribution >= 4 is 27.2 Å². The first-order chi connectivity index (χ1) is 16.0. The third-order valence-corrected chi connectivity index (χ3v) is 8.26. The summed E-state index contributed by atoms with van der Waals surface area (Å²) < 4.78 is 69.9. The number of halogens is 4. The van der Waals surface area contributed by atoms with E-state index in [0.717, 1.165) is 23.8 Å². The molecule has 0 unspecified atom stereocenters. The molecule has 1 aliphatic carbocycles. The van der Waals surface area contributed by atoms with E-state index >= 15 is 0 Å². The van der Waals surface area contributed by atoms with Crippen LogP contribution in [0, 0.1) is 5.92 Å². The Bertz CT molecular complexity index is 1280. The van der Waals surface area contributed by atoms with E-state index in [4.69, 9.17) is 16.3 Å². The summed E-state index contributed by atoms with van der Waals surface area (Å²) in [6, 6.07) is 17.6. The van der Waals surface area contributed by atoms with Crippen molar-refractivity contribution in [2.75, 3.05) is 0 Å². The number of alkyl halides is 3. The minimum atomic E-state index is -4.63. The van der Waals surface area contributed by atoms with E-state index < -0.39 is 32.7 Å². The molecule has 0 aromatic heterocycles. The average Bonchev–Trinajstić information content (AvgIpc) is 2.75. The Kier molecular flexibility index (Phi) is 6.73. The Balaban J connectivity index is 1.33. The third-order valence-electron chi connectivity index (χ3n) is 5.83. The predicted molar refractivity (Wildman–Crippen MR) is 122 cm³/mol. The number of carbonyl (C=O) groups is 1. The quantitative estimate of drug-likeness (QED) is 0.365. The molecule has 0 amide bonds. The Labute approximate surface area is 200 Å². The van der Waals surface area contributed by atoms with Crippen LogP contribution in [0.1, 0.15) is 24.0 Å². The zero-order chi connectivity index (χ0) is 24.5. The van der Waals surface area contributed by atoms with Crippen LogP contribution in [0.3, 0.4) is 0 Å². The number of Topliss-reactive ketones (excluding diaryl/α,β-unsaturated/α-hetero) is 1. The second-order valence-electron chi connectivity index (χ2n) is 8.20. The molecule has 1 saturated carbocycles. The van der Waals surface area contributed by atoms with Gasteiger partial charge in [0.1, 0.15) is 17.3 Å². The molecule has 0 heterocycles. The maximum absolute atomic E-state index is 12.9. The fourth-order valence-corrected chi connectivity index (χ4v) is 5.83. The van der Waals surface area contributed by atoms with Crippen LogP contribution in [-0.4, -0.2) is 19.5 Å². The van der Waals surface area contributed by atoms with Gasteiger partial charge < -0.3 is 4.74 Å². The van der Waals surface area contributed by atoms with Crippen LogP contribution in [0.15, 0.2) is 77.7 Å². The summed E-state index contributed by atoms with van der Waals surface area (Å²) in [6.45, 7) is 0. The van der Waals surface area contributed by atoms with Gasteiger partial charge in [0.05, 0.1) is 15.7 Å². The number of ketones is 1. The molecule has 1 aliphatic rings. The number of hydrogen-bond acceptors (Lipinski definition) is 4. The van der Waals surface area contributed by atoms with E-state index in [2.05, 4.69) is 0 Å². The standard InChI is InChI=1S/C25H20ClF3O4S/c26-19-6-10-21(11-7-19)33-20-8-4-16(5-9-20)12-24(30)17-13-23(14-17)34(31,32)22-3-1-2-18(15-22)25(27,28)29/h1-11,15,17,23H,12-14H2. The summed E-state index contributed by atoms with van der Waals surface area (Å²) in [7, 11) is -3.94. The van der Waals surface area contributed by atoms with Crippen LogP contribution >= 0.6 is 11.6 Å². The maximum Gasteiger partial charge on any atom is 0.416 e. The summed E-state index contributed by atoms with van der Waals surface area (Å²) in [5.74, 6) is 0.683. The number of hydrogen-bond donors (Lipinski definition) is 0. The van der Waals surface area contributed by atoms with Crippen molar-refractivity contribution < 1.29 is 31.1 Å². The van der Waals surface area contributed by atoms with E-state index in [0.29, 0.717) is 22.6 Å². The Morgan fingerprint density at radius 3 is 2.12 bits per heavy atom. The first-order valence-electron chi connectivity index (χ1n) is 10.5. The molecule has 0 N–H and O–H groups in total. The van der Waals surface area contributed by atoms with Crippen molar-refractivity contribution in [2.24, 2.45) is 5.92 Å². The van der Waals surface area contributed by atoms with E-state index in [1.54, 1.807) is 48.5 Å². The van der Waals surface area contributed by atoms with Crippen molar-refractivity contribution in [3.63, 3.8) is 0 Å². The van der Waals surface area contributed by atoms with Gasteiger partial charge in [-0.05, 0) is 73.0 Å². The first kappa shape index (κ1) is 24.3. The molecule has 178 valence electrons. The molecule has 34 heavy (non-hydrogen) atoms. The summed E-state index contributed by atoms with van der Waals surface area (Å²) in [5, 5.41) is -0.262. The molecule has 4 rings (SSSR count). The van der Waals surface area contributed by atoms with Gasteiger partial charge in [-0.2, -0.15) is 13.2 Å². The predicted octanol–water partition coefficient (Wildman–Crippen LogP) is 6.52. The molecule has 0 bridgehead atoms. The lowest BCUT2D eigenvalue weighted by Crippen LogP contribution is -2.40. The van der Waals surface area contributed by atoms with Crippen LogP contribution in [0.25, 0.3) is 0 Å².